The number of esters is 1. The van der Waals surface area contributed by atoms with Crippen LogP contribution < -0.4 is 5.32 Å². The largest absolute Gasteiger partial charge is 0.455 e. The van der Waals surface area contributed by atoms with Crippen LogP contribution in [0.25, 0.3) is 0 Å². The molecule has 1 heterocycles. The van der Waals surface area contributed by atoms with Crippen molar-refractivity contribution in [2.75, 3.05) is 23.4 Å². The summed E-state index contributed by atoms with van der Waals surface area (Å²) in [4.78, 5) is 37.7. The minimum absolute atomic E-state index is 0.0281. The number of hydrogen-bond acceptors (Lipinski definition) is 7. The Morgan fingerprint density at radius 3 is 2.55 bits per heavy atom. The van der Waals surface area contributed by atoms with Gasteiger partial charge in [0.15, 0.2) is 12.4 Å². The smallest absolute Gasteiger partial charge is 0.316 e. The van der Waals surface area contributed by atoms with E-state index in [-0.39, 0.29) is 36.0 Å². The molecule has 0 bridgehead atoms. The van der Waals surface area contributed by atoms with Crippen molar-refractivity contribution >= 4 is 35.4 Å². The lowest BCUT2D eigenvalue weighted by Gasteiger charge is -2.26. The lowest BCUT2D eigenvalue weighted by molar-refractivity contribution is -0.151. The van der Waals surface area contributed by atoms with Gasteiger partial charge in [-0.05, 0) is 26.3 Å². The molecule has 1 N–H and O–H groups in total. The van der Waals surface area contributed by atoms with Crippen LogP contribution in [-0.2, 0) is 25.7 Å². The fourth-order valence-electron chi connectivity index (χ4n) is 2.44. The molecule has 2 amide bonds. The van der Waals surface area contributed by atoms with E-state index in [1.54, 1.807) is 17.9 Å². The number of nitrogens with one attached hydrogen (secondary N) is 1. The van der Waals surface area contributed by atoms with Crippen LogP contribution in [0.15, 0.2) is 40.9 Å². The minimum atomic E-state index is -0.545. The van der Waals surface area contributed by atoms with Crippen LogP contribution >= 0.6 is 11.8 Å². The summed E-state index contributed by atoms with van der Waals surface area (Å²) in [7, 11) is 0. The van der Waals surface area contributed by atoms with Gasteiger partial charge in [-0.25, -0.2) is 0 Å². The molecule has 1 aromatic heterocycles. The Bertz CT molecular complexity index is 823. The maximum Gasteiger partial charge on any atom is 0.316 e. The summed E-state index contributed by atoms with van der Waals surface area (Å²) >= 11 is 1.09. The first-order chi connectivity index (χ1) is 13.8. The minimum Gasteiger partial charge on any atom is -0.455 e. The maximum atomic E-state index is 12.4. The molecule has 2 rings (SSSR count). The number of benzene rings is 1. The van der Waals surface area contributed by atoms with Gasteiger partial charge in [0.2, 0.25) is 5.91 Å². The van der Waals surface area contributed by atoms with E-state index in [2.05, 4.69) is 10.5 Å². The Balaban J connectivity index is 1.69. The molecule has 156 valence electrons. The van der Waals surface area contributed by atoms with Crippen LogP contribution in [0.3, 0.4) is 0 Å². The van der Waals surface area contributed by atoms with Crippen LogP contribution in [0.1, 0.15) is 25.2 Å². The molecule has 0 saturated heterocycles. The molecule has 29 heavy (non-hydrogen) atoms. The van der Waals surface area contributed by atoms with Crippen molar-refractivity contribution in [1.82, 2.24) is 10.1 Å². The SMILES string of the molecule is Cc1cc(NC(=O)CSCC(=O)OCC(=O)N(Cc2ccccc2)C(C)C)no1. The summed E-state index contributed by atoms with van der Waals surface area (Å²) < 4.78 is 9.92. The van der Waals surface area contributed by atoms with E-state index < -0.39 is 5.97 Å². The lowest BCUT2D eigenvalue weighted by atomic mass is 10.2. The number of thioether (sulfide) groups is 1. The van der Waals surface area contributed by atoms with Gasteiger partial charge in [-0.15, -0.1) is 11.8 Å². The van der Waals surface area contributed by atoms with Crippen molar-refractivity contribution in [3.63, 3.8) is 0 Å². The van der Waals surface area contributed by atoms with Crippen molar-refractivity contribution in [3.05, 3.63) is 47.7 Å². The van der Waals surface area contributed by atoms with E-state index in [4.69, 9.17) is 9.26 Å². The number of anilines is 1. The highest BCUT2D eigenvalue weighted by molar-refractivity contribution is 8.00. The van der Waals surface area contributed by atoms with Crippen LogP contribution in [0.5, 0.6) is 0 Å². The van der Waals surface area contributed by atoms with Gasteiger partial charge < -0.3 is 19.5 Å². The monoisotopic (exact) mass is 419 g/mol. The Morgan fingerprint density at radius 1 is 1.21 bits per heavy atom. The summed E-state index contributed by atoms with van der Waals surface area (Å²) in [5.41, 5.74) is 1.00. The van der Waals surface area contributed by atoms with E-state index >= 15 is 0 Å². The predicted molar refractivity (Wildman–Crippen MR) is 110 cm³/mol. The molecule has 8 nitrogen and oxygen atoms in total. The molecular formula is C20H25N3O5S. The fraction of sp³-hybridized carbons (Fsp3) is 0.400. The molecule has 0 saturated carbocycles. The number of hydrogen-bond donors (Lipinski definition) is 1. The first-order valence-electron chi connectivity index (χ1n) is 9.15. The van der Waals surface area contributed by atoms with Crippen molar-refractivity contribution in [1.29, 1.82) is 0 Å². The number of nitrogens with zero attached hydrogens (tertiary/aromatic N) is 2. The number of amides is 2. The number of aryl methyl sites for hydroxylation is 1. The molecule has 0 aliphatic carbocycles. The second kappa shape index (κ2) is 11.3. The first kappa shape index (κ1) is 22.5. The van der Waals surface area contributed by atoms with Crippen molar-refractivity contribution in [3.8, 4) is 0 Å². The number of carbonyl (C=O) groups excluding carboxylic acids is 3. The molecule has 0 aliphatic rings. The van der Waals surface area contributed by atoms with Crippen LogP contribution in [0, 0.1) is 6.92 Å². The van der Waals surface area contributed by atoms with Crippen molar-refractivity contribution in [2.45, 2.75) is 33.4 Å². The molecule has 0 spiro atoms. The van der Waals surface area contributed by atoms with Crippen LogP contribution in [0.2, 0.25) is 0 Å². The summed E-state index contributed by atoms with van der Waals surface area (Å²) in [5, 5.41) is 6.22. The van der Waals surface area contributed by atoms with Gasteiger partial charge >= 0.3 is 5.97 Å². The Hall–Kier alpha value is -2.81. The van der Waals surface area contributed by atoms with Crippen LogP contribution in [-0.4, -0.2) is 52.0 Å². The Kier molecular flexibility index (Phi) is 8.72. The van der Waals surface area contributed by atoms with Gasteiger partial charge in [0, 0.05) is 18.7 Å². The fourth-order valence-corrected chi connectivity index (χ4v) is 3.05. The quantitative estimate of drug-likeness (QED) is 0.591. The van der Waals surface area contributed by atoms with Crippen LogP contribution in [0.4, 0.5) is 5.82 Å². The van der Waals surface area contributed by atoms with Gasteiger partial charge in [0.25, 0.3) is 5.91 Å². The van der Waals surface area contributed by atoms with Gasteiger partial charge in [0.1, 0.15) is 5.76 Å². The number of rotatable bonds is 10. The second-order valence-corrected chi connectivity index (χ2v) is 7.61. The van der Waals surface area contributed by atoms with E-state index in [0.717, 1.165) is 17.3 Å². The summed E-state index contributed by atoms with van der Waals surface area (Å²) in [6, 6.07) is 11.2. The van der Waals surface area contributed by atoms with Gasteiger partial charge in [-0.3, -0.25) is 14.4 Å². The number of ether oxygens (including phenoxy) is 1. The zero-order valence-electron chi connectivity index (χ0n) is 16.7. The molecule has 1 aromatic carbocycles. The van der Waals surface area contributed by atoms with Crippen molar-refractivity contribution in [2.24, 2.45) is 0 Å². The average Bonchev–Trinajstić information content (AvgIpc) is 3.09. The lowest BCUT2D eigenvalue weighted by Crippen LogP contribution is -2.39. The second-order valence-electron chi connectivity index (χ2n) is 6.63. The Morgan fingerprint density at radius 2 is 1.93 bits per heavy atom. The molecular weight excluding hydrogens is 394 g/mol. The summed E-state index contributed by atoms with van der Waals surface area (Å²) in [5.74, 6) is -0.170. The predicted octanol–water partition coefficient (Wildman–Crippen LogP) is 2.64. The highest BCUT2D eigenvalue weighted by atomic mass is 32.2. The third-order valence-corrected chi connectivity index (χ3v) is 4.75. The highest BCUT2D eigenvalue weighted by Crippen LogP contribution is 2.10. The topological polar surface area (TPSA) is 102 Å². The van der Waals surface area contributed by atoms with Gasteiger partial charge in [-0.2, -0.15) is 0 Å². The zero-order chi connectivity index (χ0) is 21.2. The Labute approximate surface area is 173 Å². The standard InChI is InChI=1S/C20H25N3O5S/c1-14(2)23(10-16-7-5-4-6-8-16)19(25)11-27-20(26)13-29-12-18(24)21-17-9-15(3)28-22-17/h4-9,14H,10-13H2,1-3H3,(H,21,22,24). The number of aromatic nitrogens is 1. The summed E-state index contributed by atoms with van der Waals surface area (Å²) in [6.07, 6.45) is 0. The van der Waals surface area contributed by atoms with Crippen molar-refractivity contribution < 1.29 is 23.6 Å². The molecule has 0 radical (unpaired) electrons. The summed E-state index contributed by atoms with van der Waals surface area (Å²) in [6.45, 7) is 5.66. The third-order valence-electron chi connectivity index (χ3n) is 3.84. The third kappa shape index (κ3) is 7.98. The molecule has 0 aliphatic heterocycles. The highest BCUT2D eigenvalue weighted by Gasteiger charge is 2.19. The maximum absolute atomic E-state index is 12.4. The number of carbonyl (C=O) groups is 3. The first-order valence-corrected chi connectivity index (χ1v) is 10.3. The van der Waals surface area contributed by atoms with E-state index in [1.807, 2.05) is 44.2 Å². The van der Waals surface area contributed by atoms with E-state index in [9.17, 15) is 14.4 Å². The van der Waals surface area contributed by atoms with Gasteiger partial charge in [-0.1, -0.05) is 35.5 Å². The molecule has 9 heteroatoms. The van der Waals surface area contributed by atoms with Gasteiger partial charge in [0.05, 0.1) is 11.5 Å². The molecule has 2 aromatic rings. The zero-order valence-corrected chi connectivity index (χ0v) is 17.5. The normalized spacial score (nSPS) is 10.6. The average molecular weight is 420 g/mol. The molecule has 0 fully saturated rings. The van der Waals surface area contributed by atoms with E-state index in [1.165, 1.54) is 0 Å². The molecule has 0 unspecified atom stereocenters. The molecule has 0 atom stereocenters. The van der Waals surface area contributed by atoms with E-state index in [0.29, 0.717) is 18.1 Å².